The smallest absolute Gasteiger partial charge is 0.119 e. The first-order chi connectivity index (χ1) is 15.1. The maximum Gasteiger partial charge on any atom is 0.119 e. The Balaban J connectivity index is 1.58. The maximum absolute atomic E-state index is 11.7. The number of halogens is 1. The van der Waals surface area contributed by atoms with E-state index in [1.807, 2.05) is 60.7 Å². The van der Waals surface area contributed by atoms with Crippen LogP contribution in [0.2, 0.25) is 5.02 Å². The van der Waals surface area contributed by atoms with E-state index in [2.05, 4.69) is 9.88 Å². The van der Waals surface area contributed by atoms with E-state index in [1.54, 1.807) is 19.2 Å². The molecule has 0 spiro atoms. The Hall–Kier alpha value is -2.40. The van der Waals surface area contributed by atoms with Crippen LogP contribution in [0.3, 0.4) is 0 Å². The molecular weight excluding hydrogens is 408 g/mol. The number of rotatable bonds is 8. The largest absolute Gasteiger partial charge is 0.492 e. The number of nitrogens with zero attached hydrogens (tertiary/aromatic N) is 2. The summed E-state index contributed by atoms with van der Waals surface area (Å²) in [6, 6.07) is 21.1. The summed E-state index contributed by atoms with van der Waals surface area (Å²) >= 11 is 6.46. The lowest BCUT2D eigenvalue weighted by Gasteiger charge is -2.34. The molecule has 2 aromatic carbocycles. The van der Waals surface area contributed by atoms with Crippen molar-refractivity contribution in [3.63, 3.8) is 0 Å². The summed E-state index contributed by atoms with van der Waals surface area (Å²) in [5, 5.41) is 12.2. The predicted molar refractivity (Wildman–Crippen MR) is 125 cm³/mol. The Labute approximate surface area is 189 Å². The minimum absolute atomic E-state index is 0.382. The maximum atomic E-state index is 11.7. The van der Waals surface area contributed by atoms with Gasteiger partial charge in [-0.1, -0.05) is 48.0 Å². The fraction of sp³-hybridized carbons (Fsp3) is 0.346. The molecule has 2 atom stereocenters. The summed E-state index contributed by atoms with van der Waals surface area (Å²) < 4.78 is 5.96. The fourth-order valence-electron chi connectivity index (χ4n) is 4.41. The van der Waals surface area contributed by atoms with Crippen molar-refractivity contribution in [3.8, 4) is 5.75 Å². The zero-order valence-electron chi connectivity index (χ0n) is 17.9. The van der Waals surface area contributed by atoms with Gasteiger partial charge in [-0.2, -0.15) is 0 Å². The molecule has 4 nitrogen and oxygen atoms in total. The SMILES string of the molecule is C[C@@](O)(c1ccccc1Cl)[C@@H](c1ccc(OCCN2CCCC2)cc1)c1ccccn1. The normalized spacial score (nSPS) is 17.3. The van der Waals surface area contributed by atoms with E-state index in [4.69, 9.17) is 16.3 Å². The van der Waals surface area contributed by atoms with Gasteiger partial charge in [-0.3, -0.25) is 9.88 Å². The highest BCUT2D eigenvalue weighted by Gasteiger charge is 2.38. The predicted octanol–water partition coefficient (Wildman–Crippen LogP) is 5.25. The molecule has 1 aliphatic heterocycles. The number of pyridine rings is 1. The van der Waals surface area contributed by atoms with Gasteiger partial charge in [0.25, 0.3) is 0 Å². The minimum Gasteiger partial charge on any atom is -0.492 e. The quantitative estimate of drug-likeness (QED) is 0.523. The van der Waals surface area contributed by atoms with Crippen LogP contribution in [0, 0.1) is 0 Å². The Kier molecular flexibility index (Phi) is 6.91. The van der Waals surface area contributed by atoms with E-state index >= 15 is 0 Å². The number of hydrogen-bond acceptors (Lipinski definition) is 4. The second kappa shape index (κ2) is 9.82. The van der Waals surface area contributed by atoms with Gasteiger partial charge < -0.3 is 9.84 Å². The second-order valence-corrected chi connectivity index (χ2v) is 8.69. The van der Waals surface area contributed by atoms with Gasteiger partial charge in [0, 0.05) is 23.3 Å². The summed E-state index contributed by atoms with van der Waals surface area (Å²) in [5.74, 6) is 0.451. The molecule has 162 valence electrons. The molecule has 0 bridgehead atoms. The van der Waals surface area contributed by atoms with Gasteiger partial charge in [-0.15, -0.1) is 0 Å². The van der Waals surface area contributed by atoms with Crippen LogP contribution in [-0.2, 0) is 5.60 Å². The molecular formula is C26H29ClN2O2. The monoisotopic (exact) mass is 436 g/mol. The summed E-state index contributed by atoms with van der Waals surface area (Å²) in [6.07, 6.45) is 4.32. The number of hydrogen-bond donors (Lipinski definition) is 1. The lowest BCUT2D eigenvalue weighted by molar-refractivity contribution is 0.0381. The lowest BCUT2D eigenvalue weighted by atomic mass is 9.76. The molecule has 2 heterocycles. The van der Waals surface area contributed by atoms with E-state index in [-0.39, 0.29) is 5.92 Å². The van der Waals surface area contributed by atoms with Crippen LogP contribution in [0.5, 0.6) is 5.75 Å². The molecule has 3 aromatic rings. The van der Waals surface area contributed by atoms with Crippen molar-refractivity contribution in [1.82, 2.24) is 9.88 Å². The Morgan fingerprint density at radius 1 is 1.03 bits per heavy atom. The Morgan fingerprint density at radius 3 is 2.42 bits per heavy atom. The molecule has 4 rings (SSSR count). The summed E-state index contributed by atoms with van der Waals surface area (Å²) in [6.45, 7) is 5.78. The zero-order valence-corrected chi connectivity index (χ0v) is 18.6. The highest BCUT2D eigenvalue weighted by Crippen LogP contribution is 2.43. The Morgan fingerprint density at radius 2 is 1.74 bits per heavy atom. The van der Waals surface area contributed by atoms with Crippen molar-refractivity contribution in [1.29, 1.82) is 0 Å². The van der Waals surface area contributed by atoms with Crippen LogP contribution in [0.4, 0.5) is 0 Å². The van der Waals surface area contributed by atoms with Crippen LogP contribution in [0.15, 0.2) is 72.9 Å². The van der Waals surface area contributed by atoms with E-state index < -0.39 is 5.60 Å². The zero-order chi connectivity index (χ0) is 21.7. The molecule has 1 saturated heterocycles. The van der Waals surface area contributed by atoms with Crippen molar-refractivity contribution in [2.45, 2.75) is 31.3 Å². The van der Waals surface area contributed by atoms with Crippen LogP contribution < -0.4 is 4.74 Å². The van der Waals surface area contributed by atoms with Gasteiger partial charge in [0.1, 0.15) is 18.0 Å². The number of likely N-dealkylation sites (tertiary alicyclic amines) is 1. The van der Waals surface area contributed by atoms with E-state index in [0.29, 0.717) is 17.2 Å². The molecule has 1 aromatic heterocycles. The standard InChI is InChI=1S/C26H29ClN2O2/c1-26(30,22-8-2-3-9-23(22)27)25(24-10-4-5-15-28-24)20-11-13-21(14-12-20)31-19-18-29-16-6-7-17-29/h2-5,8-15,25,30H,6-7,16-19H2,1H3/t25-,26+/m0/s1. The van der Waals surface area contributed by atoms with Crippen LogP contribution in [0.1, 0.15) is 42.5 Å². The molecule has 0 aliphatic carbocycles. The molecule has 0 saturated carbocycles. The van der Waals surface area contributed by atoms with Crippen molar-refractivity contribution >= 4 is 11.6 Å². The number of aliphatic hydroxyl groups is 1. The van der Waals surface area contributed by atoms with Crippen LogP contribution >= 0.6 is 11.6 Å². The molecule has 5 heteroatoms. The van der Waals surface area contributed by atoms with Crippen molar-refractivity contribution in [3.05, 3.63) is 94.8 Å². The average molecular weight is 437 g/mol. The highest BCUT2D eigenvalue weighted by molar-refractivity contribution is 6.31. The molecule has 1 N–H and O–H groups in total. The van der Waals surface area contributed by atoms with Gasteiger partial charge in [0.15, 0.2) is 0 Å². The Bertz CT molecular complexity index is 970. The lowest BCUT2D eigenvalue weighted by Crippen LogP contribution is -2.32. The van der Waals surface area contributed by atoms with E-state index in [0.717, 1.165) is 23.6 Å². The third-order valence-electron chi connectivity index (χ3n) is 6.05. The molecule has 0 amide bonds. The van der Waals surface area contributed by atoms with Gasteiger partial charge >= 0.3 is 0 Å². The molecule has 1 aliphatic rings. The topological polar surface area (TPSA) is 45.6 Å². The van der Waals surface area contributed by atoms with Gasteiger partial charge in [0.05, 0.1) is 11.6 Å². The van der Waals surface area contributed by atoms with Crippen molar-refractivity contribution in [2.75, 3.05) is 26.2 Å². The number of ether oxygens (including phenoxy) is 1. The third kappa shape index (κ3) is 5.09. The minimum atomic E-state index is -1.25. The molecule has 31 heavy (non-hydrogen) atoms. The van der Waals surface area contributed by atoms with Gasteiger partial charge in [-0.25, -0.2) is 0 Å². The second-order valence-electron chi connectivity index (χ2n) is 8.28. The number of aromatic nitrogens is 1. The van der Waals surface area contributed by atoms with E-state index in [9.17, 15) is 5.11 Å². The van der Waals surface area contributed by atoms with Crippen LogP contribution in [0.25, 0.3) is 0 Å². The summed E-state index contributed by atoms with van der Waals surface area (Å²) in [4.78, 5) is 6.99. The molecule has 1 fully saturated rings. The highest BCUT2D eigenvalue weighted by atomic mass is 35.5. The first-order valence-electron chi connectivity index (χ1n) is 10.9. The summed E-state index contributed by atoms with van der Waals surface area (Å²) in [5.41, 5.74) is 1.18. The average Bonchev–Trinajstić information content (AvgIpc) is 3.29. The fourth-order valence-corrected chi connectivity index (χ4v) is 4.74. The van der Waals surface area contributed by atoms with Crippen molar-refractivity contribution in [2.24, 2.45) is 0 Å². The van der Waals surface area contributed by atoms with E-state index in [1.165, 1.54) is 25.9 Å². The van der Waals surface area contributed by atoms with Gasteiger partial charge in [-0.05, 0) is 68.8 Å². The number of benzene rings is 2. The van der Waals surface area contributed by atoms with Gasteiger partial charge in [0.2, 0.25) is 0 Å². The summed E-state index contributed by atoms with van der Waals surface area (Å²) in [7, 11) is 0. The van der Waals surface area contributed by atoms with Crippen molar-refractivity contribution < 1.29 is 9.84 Å². The molecule has 0 radical (unpaired) electrons. The first-order valence-corrected chi connectivity index (χ1v) is 11.3. The third-order valence-corrected chi connectivity index (χ3v) is 6.38. The first kappa shape index (κ1) is 21.8. The van der Waals surface area contributed by atoms with Crippen LogP contribution in [-0.4, -0.2) is 41.2 Å². The molecule has 0 unspecified atom stereocenters.